The number of amides is 1. The molecule has 0 N–H and O–H groups in total. The summed E-state index contributed by atoms with van der Waals surface area (Å²) in [6.07, 6.45) is 8.62. The minimum absolute atomic E-state index is 0.0691. The molecule has 1 saturated carbocycles. The van der Waals surface area contributed by atoms with Crippen LogP contribution in [0.4, 0.5) is 11.6 Å². The number of aromatic nitrogens is 2. The molecule has 9 heteroatoms. The molecule has 0 radical (unpaired) electrons. The first-order valence-electron chi connectivity index (χ1n) is 11.1. The maximum Gasteiger partial charge on any atom is 0.230 e. The first kappa shape index (κ1) is 23.2. The molecule has 3 fully saturated rings. The Hall–Kier alpha value is -2.94. The normalized spacial score (nSPS) is 21.2. The summed E-state index contributed by atoms with van der Waals surface area (Å²) in [7, 11) is -0.820. The van der Waals surface area contributed by atoms with Gasteiger partial charge in [-0.1, -0.05) is 24.3 Å². The summed E-state index contributed by atoms with van der Waals surface area (Å²) >= 11 is 0. The molecule has 1 aliphatic carbocycles. The van der Waals surface area contributed by atoms with Crippen molar-refractivity contribution in [3.8, 4) is 0 Å². The van der Waals surface area contributed by atoms with Gasteiger partial charge in [0.2, 0.25) is 11.9 Å². The van der Waals surface area contributed by atoms with E-state index >= 15 is 0 Å². The van der Waals surface area contributed by atoms with Crippen molar-refractivity contribution >= 4 is 40.9 Å². The van der Waals surface area contributed by atoms with Gasteiger partial charge in [0.15, 0.2) is 5.78 Å². The van der Waals surface area contributed by atoms with E-state index in [9.17, 15) is 13.8 Å². The molecular formula is C24H28N4O4S. The van der Waals surface area contributed by atoms with Gasteiger partial charge in [0.1, 0.15) is 6.79 Å². The van der Waals surface area contributed by atoms with E-state index in [0.29, 0.717) is 32.0 Å². The Morgan fingerprint density at radius 2 is 1.73 bits per heavy atom. The van der Waals surface area contributed by atoms with Crippen LogP contribution in [0.2, 0.25) is 0 Å². The number of anilines is 2. The molecule has 1 aromatic carbocycles. The molecule has 8 nitrogen and oxygen atoms in total. The molecule has 3 heterocycles. The van der Waals surface area contributed by atoms with Crippen LogP contribution in [-0.4, -0.2) is 63.8 Å². The number of hydrogen-bond donors (Lipinski definition) is 0. The van der Waals surface area contributed by atoms with Crippen molar-refractivity contribution < 1.29 is 18.6 Å². The van der Waals surface area contributed by atoms with Crippen molar-refractivity contribution in [3.05, 3.63) is 47.8 Å². The van der Waals surface area contributed by atoms with Crippen LogP contribution < -0.4 is 9.80 Å². The molecule has 3 aliphatic rings. The molecular weight excluding hydrogens is 440 g/mol. The van der Waals surface area contributed by atoms with Gasteiger partial charge in [0.05, 0.1) is 23.3 Å². The summed E-state index contributed by atoms with van der Waals surface area (Å²) in [4.78, 5) is 45.7. The average Bonchev–Trinajstić information content (AvgIpc) is 3.59. The van der Waals surface area contributed by atoms with Gasteiger partial charge in [-0.3, -0.25) is 13.8 Å². The Morgan fingerprint density at radius 3 is 2.30 bits per heavy atom. The van der Waals surface area contributed by atoms with Gasteiger partial charge in [-0.05, 0) is 31.2 Å². The van der Waals surface area contributed by atoms with Crippen molar-refractivity contribution in [1.82, 2.24) is 9.97 Å². The number of benzene rings is 1. The lowest BCUT2D eigenvalue weighted by molar-refractivity contribution is -0.120. The standard InChI is InChI=1S/C23H26N4O3S.CH2O/c1-31(30)20-13-26(14-20)23-24-11-19(12-25-23)27-9-8-18(22(27)29)10-15-2-4-16(5-3-15)21(28)17-6-7-17;1-2/h2-5,11-12,17-18,20H,6-10,13-14H2,1H3;1H2. The highest BCUT2D eigenvalue weighted by Crippen LogP contribution is 2.33. The van der Waals surface area contributed by atoms with E-state index in [1.807, 2.05) is 36.0 Å². The van der Waals surface area contributed by atoms with Gasteiger partial charge in [0, 0.05) is 54.1 Å². The average molecular weight is 469 g/mol. The molecule has 33 heavy (non-hydrogen) atoms. The minimum atomic E-state index is -0.820. The third-order valence-electron chi connectivity index (χ3n) is 6.52. The molecule has 0 bridgehead atoms. The minimum Gasteiger partial charge on any atom is -0.338 e. The van der Waals surface area contributed by atoms with E-state index in [1.54, 1.807) is 23.5 Å². The second kappa shape index (κ2) is 9.91. The predicted molar refractivity (Wildman–Crippen MR) is 127 cm³/mol. The van der Waals surface area contributed by atoms with Crippen LogP contribution in [0.15, 0.2) is 36.7 Å². The van der Waals surface area contributed by atoms with Gasteiger partial charge in [-0.25, -0.2) is 9.97 Å². The summed E-state index contributed by atoms with van der Waals surface area (Å²) in [5.41, 5.74) is 2.58. The van der Waals surface area contributed by atoms with E-state index in [0.717, 1.165) is 36.1 Å². The first-order valence-corrected chi connectivity index (χ1v) is 12.7. The lowest BCUT2D eigenvalue weighted by Gasteiger charge is -2.37. The maximum atomic E-state index is 13.0. The van der Waals surface area contributed by atoms with Crippen molar-refractivity contribution in [1.29, 1.82) is 0 Å². The molecule has 1 amide bonds. The van der Waals surface area contributed by atoms with Crippen LogP contribution in [0.3, 0.4) is 0 Å². The summed E-state index contributed by atoms with van der Waals surface area (Å²) in [5, 5.41) is 0.185. The van der Waals surface area contributed by atoms with Crippen LogP contribution >= 0.6 is 0 Å². The number of carbonyl (C=O) groups excluding carboxylic acids is 3. The fourth-order valence-electron chi connectivity index (χ4n) is 4.28. The van der Waals surface area contributed by atoms with Gasteiger partial charge >= 0.3 is 0 Å². The second-order valence-corrected chi connectivity index (χ2v) is 10.4. The Labute approximate surface area is 195 Å². The van der Waals surface area contributed by atoms with Gasteiger partial charge < -0.3 is 14.6 Å². The number of Topliss-reactive ketones (excluding diaryl/α,β-unsaturated/α-hetero) is 1. The Balaban J connectivity index is 0.00000126. The Bertz CT molecular complexity index is 1030. The SMILES string of the molecule is C=O.CS(=O)C1CN(c2ncc(N3CCC(Cc4ccc(C(=O)C5CC5)cc4)C3=O)cn2)C1. The zero-order valence-electron chi connectivity index (χ0n) is 18.7. The van der Waals surface area contributed by atoms with Crippen LogP contribution in [0.25, 0.3) is 0 Å². The number of nitrogens with zero attached hydrogens (tertiary/aromatic N) is 4. The Kier molecular flexibility index (Phi) is 6.97. The smallest absolute Gasteiger partial charge is 0.230 e. The summed E-state index contributed by atoms with van der Waals surface area (Å²) in [6.45, 7) is 4.07. The quantitative estimate of drug-likeness (QED) is 0.573. The van der Waals surface area contributed by atoms with E-state index in [2.05, 4.69) is 9.97 Å². The van der Waals surface area contributed by atoms with Gasteiger partial charge in [-0.15, -0.1) is 0 Å². The summed E-state index contributed by atoms with van der Waals surface area (Å²) in [5.74, 6) is 1.12. The molecule has 0 spiro atoms. The summed E-state index contributed by atoms with van der Waals surface area (Å²) in [6, 6.07) is 7.75. The van der Waals surface area contributed by atoms with Crippen molar-refractivity contribution in [2.24, 2.45) is 11.8 Å². The largest absolute Gasteiger partial charge is 0.338 e. The third kappa shape index (κ3) is 5.03. The van der Waals surface area contributed by atoms with Crippen LogP contribution in [0.1, 0.15) is 35.2 Å². The second-order valence-electron chi connectivity index (χ2n) is 8.78. The molecule has 174 valence electrons. The molecule has 2 atom stereocenters. The first-order chi connectivity index (χ1) is 16.0. The van der Waals surface area contributed by atoms with Crippen molar-refractivity contribution in [3.63, 3.8) is 0 Å². The van der Waals surface area contributed by atoms with Gasteiger partial charge in [-0.2, -0.15) is 0 Å². The molecule has 5 rings (SSSR count). The predicted octanol–water partition coefficient (Wildman–Crippen LogP) is 2.05. The highest BCUT2D eigenvalue weighted by atomic mass is 32.2. The highest BCUT2D eigenvalue weighted by molar-refractivity contribution is 7.85. The number of ketones is 1. The van der Waals surface area contributed by atoms with Crippen molar-refractivity contribution in [2.45, 2.75) is 30.9 Å². The Morgan fingerprint density at radius 1 is 1.09 bits per heavy atom. The van der Waals surface area contributed by atoms with Crippen LogP contribution in [0.5, 0.6) is 0 Å². The molecule has 2 aliphatic heterocycles. The van der Waals surface area contributed by atoms with Crippen LogP contribution in [-0.2, 0) is 26.8 Å². The molecule has 2 aromatic rings. The highest BCUT2D eigenvalue weighted by Gasteiger charge is 2.35. The van der Waals surface area contributed by atoms with E-state index < -0.39 is 10.8 Å². The molecule has 2 unspecified atom stereocenters. The van der Waals surface area contributed by atoms with E-state index in [-0.39, 0.29) is 28.8 Å². The monoisotopic (exact) mass is 468 g/mol. The topological polar surface area (TPSA) is 101 Å². The lowest BCUT2D eigenvalue weighted by atomic mass is 9.96. The number of rotatable bonds is 7. The zero-order chi connectivity index (χ0) is 23.5. The fourth-order valence-corrected chi connectivity index (χ4v) is 5.06. The lowest BCUT2D eigenvalue weighted by Crippen LogP contribution is -2.53. The van der Waals surface area contributed by atoms with E-state index in [4.69, 9.17) is 4.79 Å². The maximum absolute atomic E-state index is 13.0. The fraction of sp³-hybridized carbons (Fsp3) is 0.458. The molecule has 1 aromatic heterocycles. The van der Waals surface area contributed by atoms with E-state index in [1.165, 1.54) is 0 Å². The summed E-state index contributed by atoms with van der Waals surface area (Å²) < 4.78 is 11.5. The molecule has 2 saturated heterocycles. The third-order valence-corrected chi connectivity index (χ3v) is 7.76. The number of hydrogen-bond acceptors (Lipinski definition) is 7. The zero-order valence-corrected chi connectivity index (χ0v) is 19.5. The van der Waals surface area contributed by atoms with Crippen LogP contribution in [0, 0.1) is 11.8 Å². The van der Waals surface area contributed by atoms with Crippen molar-refractivity contribution in [2.75, 3.05) is 35.7 Å². The van der Waals surface area contributed by atoms with Gasteiger partial charge in [0.25, 0.3) is 0 Å². The number of carbonyl (C=O) groups is 3.